The van der Waals surface area contributed by atoms with Crippen molar-refractivity contribution in [2.45, 2.75) is 6.42 Å². The van der Waals surface area contributed by atoms with Crippen LogP contribution in [0.15, 0.2) is 24.3 Å². The third kappa shape index (κ3) is 1.35. The number of hydrogen-bond donors (Lipinski definition) is 0. The SMILES string of the molecule is COc1cccc2c1CC(=O)C=C2. The quantitative estimate of drug-likeness (QED) is 0.649. The first kappa shape index (κ1) is 8.05. The van der Waals surface area contributed by atoms with Crippen LogP contribution in [0.1, 0.15) is 11.1 Å². The number of allylic oxidation sites excluding steroid dienone is 1. The van der Waals surface area contributed by atoms with E-state index < -0.39 is 0 Å². The zero-order valence-electron chi connectivity index (χ0n) is 7.41. The summed E-state index contributed by atoms with van der Waals surface area (Å²) in [5.41, 5.74) is 2.08. The summed E-state index contributed by atoms with van der Waals surface area (Å²) in [4.78, 5) is 11.2. The molecule has 66 valence electrons. The molecule has 0 unspecified atom stereocenters. The Morgan fingerprint density at radius 3 is 2.92 bits per heavy atom. The van der Waals surface area contributed by atoms with E-state index in [0.717, 1.165) is 16.9 Å². The summed E-state index contributed by atoms with van der Waals surface area (Å²) in [7, 11) is 1.62. The first-order valence-corrected chi connectivity index (χ1v) is 4.18. The lowest BCUT2D eigenvalue weighted by atomic mass is 9.96. The van der Waals surface area contributed by atoms with Crippen molar-refractivity contribution in [3.05, 3.63) is 35.4 Å². The Balaban J connectivity index is 2.55. The number of methoxy groups -OCH3 is 1. The van der Waals surface area contributed by atoms with Gasteiger partial charge in [0.25, 0.3) is 0 Å². The van der Waals surface area contributed by atoms with E-state index >= 15 is 0 Å². The zero-order valence-corrected chi connectivity index (χ0v) is 7.41. The number of carbonyl (C=O) groups is 1. The third-order valence-corrected chi connectivity index (χ3v) is 2.19. The number of ether oxygens (including phenoxy) is 1. The lowest BCUT2D eigenvalue weighted by molar-refractivity contribution is -0.114. The smallest absolute Gasteiger partial charge is 0.160 e. The monoisotopic (exact) mass is 174 g/mol. The van der Waals surface area contributed by atoms with Gasteiger partial charge >= 0.3 is 0 Å². The van der Waals surface area contributed by atoms with Gasteiger partial charge in [0.2, 0.25) is 0 Å². The largest absolute Gasteiger partial charge is 0.496 e. The maximum Gasteiger partial charge on any atom is 0.160 e. The van der Waals surface area contributed by atoms with Crippen LogP contribution >= 0.6 is 0 Å². The number of rotatable bonds is 1. The van der Waals surface area contributed by atoms with Gasteiger partial charge in [0.05, 0.1) is 7.11 Å². The molecule has 0 amide bonds. The number of fused-ring (bicyclic) bond motifs is 1. The number of benzene rings is 1. The molecule has 2 rings (SSSR count). The molecule has 0 spiro atoms. The van der Waals surface area contributed by atoms with E-state index in [-0.39, 0.29) is 5.78 Å². The summed E-state index contributed by atoms with van der Waals surface area (Å²) in [5.74, 6) is 0.937. The van der Waals surface area contributed by atoms with Crippen molar-refractivity contribution in [3.63, 3.8) is 0 Å². The van der Waals surface area contributed by atoms with Gasteiger partial charge in [-0.15, -0.1) is 0 Å². The second kappa shape index (κ2) is 3.05. The average Bonchev–Trinajstić information content (AvgIpc) is 2.17. The van der Waals surface area contributed by atoms with Gasteiger partial charge in [-0.1, -0.05) is 18.2 Å². The summed E-state index contributed by atoms with van der Waals surface area (Å²) in [6.07, 6.45) is 3.90. The molecule has 2 nitrogen and oxygen atoms in total. The fourth-order valence-corrected chi connectivity index (χ4v) is 1.54. The first-order valence-electron chi connectivity index (χ1n) is 4.18. The van der Waals surface area contributed by atoms with E-state index in [1.54, 1.807) is 13.2 Å². The molecule has 0 atom stereocenters. The Hall–Kier alpha value is -1.57. The lowest BCUT2D eigenvalue weighted by Crippen LogP contribution is -2.06. The van der Waals surface area contributed by atoms with Crippen molar-refractivity contribution in [2.24, 2.45) is 0 Å². The van der Waals surface area contributed by atoms with Gasteiger partial charge in [-0.2, -0.15) is 0 Å². The van der Waals surface area contributed by atoms with Crippen LogP contribution < -0.4 is 4.74 Å². The molecule has 0 saturated carbocycles. The van der Waals surface area contributed by atoms with E-state index in [1.165, 1.54) is 0 Å². The standard InChI is InChI=1S/C11H10O2/c1-13-11-4-2-3-8-5-6-9(12)7-10(8)11/h2-6H,7H2,1H3. The summed E-state index contributed by atoms with van der Waals surface area (Å²) >= 11 is 0. The van der Waals surface area contributed by atoms with Gasteiger partial charge in [0.15, 0.2) is 5.78 Å². The Bertz CT molecular complexity index is 378. The minimum absolute atomic E-state index is 0.136. The summed E-state index contributed by atoms with van der Waals surface area (Å²) < 4.78 is 5.17. The van der Waals surface area contributed by atoms with E-state index in [0.29, 0.717) is 6.42 Å². The van der Waals surface area contributed by atoms with Gasteiger partial charge in [-0.05, 0) is 17.7 Å². The fraction of sp³-hybridized carbons (Fsp3) is 0.182. The van der Waals surface area contributed by atoms with Crippen molar-refractivity contribution < 1.29 is 9.53 Å². The highest BCUT2D eigenvalue weighted by atomic mass is 16.5. The van der Waals surface area contributed by atoms with Gasteiger partial charge in [0.1, 0.15) is 5.75 Å². The Labute approximate surface area is 76.8 Å². The molecule has 1 aliphatic rings. The molecule has 0 radical (unpaired) electrons. The molecule has 2 heteroatoms. The maximum atomic E-state index is 11.2. The van der Waals surface area contributed by atoms with Crippen molar-refractivity contribution in [1.29, 1.82) is 0 Å². The molecule has 1 aliphatic carbocycles. The van der Waals surface area contributed by atoms with Crippen LogP contribution in [0.25, 0.3) is 6.08 Å². The topological polar surface area (TPSA) is 26.3 Å². The summed E-state index contributed by atoms with van der Waals surface area (Å²) in [6, 6.07) is 5.80. The Morgan fingerprint density at radius 1 is 1.31 bits per heavy atom. The molecular formula is C11H10O2. The maximum absolute atomic E-state index is 11.2. The molecule has 0 bridgehead atoms. The molecule has 13 heavy (non-hydrogen) atoms. The zero-order chi connectivity index (χ0) is 9.26. The molecule has 0 aliphatic heterocycles. The van der Waals surface area contributed by atoms with E-state index in [9.17, 15) is 4.79 Å². The number of carbonyl (C=O) groups excluding carboxylic acids is 1. The molecule has 1 aromatic rings. The summed E-state index contributed by atoms with van der Waals surface area (Å²) in [6.45, 7) is 0. The van der Waals surface area contributed by atoms with Crippen LogP contribution in [-0.4, -0.2) is 12.9 Å². The van der Waals surface area contributed by atoms with E-state index in [1.807, 2.05) is 24.3 Å². The lowest BCUT2D eigenvalue weighted by Gasteiger charge is -2.13. The molecule has 0 fully saturated rings. The minimum atomic E-state index is 0.136. The van der Waals surface area contributed by atoms with Crippen molar-refractivity contribution in [3.8, 4) is 5.75 Å². The van der Waals surface area contributed by atoms with Crippen LogP contribution in [0, 0.1) is 0 Å². The molecule has 0 saturated heterocycles. The molecule has 1 aromatic carbocycles. The fourth-order valence-electron chi connectivity index (χ4n) is 1.54. The minimum Gasteiger partial charge on any atom is -0.496 e. The molecule has 0 N–H and O–H groups in total. The second-order valence-electron chi connectivity index (χ2n) is 3.00. The average molecular weight is 174 g/mol. The number of ketones is 1. The van der Waals surface area contributed by atoms with Crippen molar-refractivity contribution in [1.82, 2.24) is 0 Å². The van der Waals surface area contributed by atoms with Crippen LogP contribution in [0.5, 0.6) is 5.75 Å². The van der Waals surface area contributed by atoms with Crippen molar-refractivity contribution >= 4 is 11.9 Å². The van der Waals surface area contributed by atoms with Gasteiger partial charge in [-0.25, -0.2) is 0 Å². The first-order chi connectivity index (χ1) is 6.31. The van der Waals surface area contributed by atoms with Crippen LogP contribution in [-0.2, 0) is 11.2 Å². The van der Waals surface area contributed by atoms with Gasteiger partial charge in [0, 0.05) is 12.0 Å². The van der Waals surface area contributed by atoms with E-state index in [2.05, 4.69) is 0 Å². The highest BCUT2D eigenvalue weighted by Crippen LogP contribution is 2.26. The van der Waals surface area contributed by atoms with Crippen molar-refractivity contribution in [2.75, 3.05) is 7.11 Å². The predicted octanol–water partition coefficient (Wildman–Crippen LogP) is 1.83. The Kier molecular flexibility index (Phi) is 1.89. The van der Waals surface area contributed by atoms with Crippen LogP contribution in [0.2, 0.25) is 0 Å². The van der Waals surface area contributed by atoms with E-state index in [4.69, 9.17) is 4.74 Å². The molecular weight excluding hydrogens is 164 g/mol. The molecule has 0 heterocycles. The third-order valence-electron chi connectivity index (χ3n) is 2.19. The second-order valence-corrected chi connectivity index (χ2v) is 3.00. The highest BCUT2D eigenvalue weighted by molar-refractivity contribution is 5.98. The molecule has 0 aromatic heterocycles. The van der Waals surface area contributed by atoms with Gasteiger partial charge in [-0.3, -0.25) is 4.79 Å². The summed E-state index contributed by atoms with van der Waals surface area (Å²) in [5, 5.41) is 0. The van der Waals surface area contributed by atoms with Crippen LogP contribution in [0.3, 0.4) is 0 Å². The highest BCUT2D eigenvalue weighted by Gasteiger charge is 2.13. The van der Waals surface area contributed by atoms with Gasteiger partial charge < -0.3 is 4.74 Å². The normalized spacial score (nSPS) is 14.1. The predicted molar refractivity (Wildman–Crippen MR) is 50.7 cm³/mol. The van der Waals surface area contributed by atoms with Crippen LogP contribution in [0.4, 0.5) is 0 Å². The Morgan fingerprint density at radius 2 is 2.15 bits per heavy atom. The number of hydrogen-bond acceptors (Lipinski definition) is 2.